The number of carbonyl (C=O) groups is 1. The number of amides is 1. The summed E-state index contributed by atoms with van der Waals surface area (Å²) in [5, 5.41) is 9.54. The Kier molecular flexibility index (Phi) is 5.37. The topological polar surface area (TPSA) is 54.0 Å². The molecule has 0 saturated carbocycles. The first-order valence-corrected chi connectivity index (χ1v) is 9.89. The number of para-hydroxylation sites is 1. The van der Waals surface area contributed by atoms with E-state index >= 15 is 0 Å². The highest BCUT2D eigenvalue weighted by Crippen LogP contribution is 2.30. The van der Waals surface area contributed by atoms with E-state index in [0.29, 0.717) is 10.6 Å². The average molecular weight is 406 g/mol. The summed E-state index contributed by atoms with van der Waals surface area (Å²) in [4.78, 5) is 16.8. The van der Waals surface area contributed by atoms with Gasteiger partial charge in [0.2, 0.25) is 0 Å². The van der Waals surface area contributed by atoms with Crippen LogP contribution in [0.25, 0.3) is 11.3 Å². The molecule has 2 N–H and O–H groups in total. The molecule has 4 rings (SSSR count). The molecule has 0 aliphatic heterocycles. The van der Waals surface area contributed by atoms with E-state index in [2.05, 4.69) is 15.6 Å². The summed E-state index contributed by atoms with van der Waals surface area (Å²) in [6.45, 7) is 0. The van der Waals surface area contributed by atoms with E-state index in [1.54, 1.807) is 12.1 Å². The van der Waals surface area contributed by atoms with Crippen LogP contribution in [0.15, 0.2) is 84.2 Å². The zero-order chi connectivity index (χ0) is 19.3. The molecule has 138 valence electrons. The Morgan fingerprint density at radius 3 is 2.36 bits per heavy atom. The molecular weight excluding hydrogens is 390 g/mol. The third-order valence-corrected chi connectivity index (χ3v) is 5.18. The van der Waals surface area contributed by atoms with Crippen molar-refractivity contribution in [1.29, 1.82) is 0 Å². The number of anilines is 3. The van der Waals surface area contributed by atoms with Crippen molar-refractivity contribution >= 4 is 45.4 Å². The number of nitrogens with zero attached hydrogens (tertiary/aromatic N) is 1. The fraction of sp³-hybridized carbons (Fsp3) is 0. The van der Waals surface area contributed by atoms with Crippen LogP contribution in [-0.2, 0) is 0 Å². The molecule has 0 aliphatic rings. The number of nitrogens with one attached hydrogen (secondary N) is 2. The van der Waals surface area contributed by atoms with Gasteiger partial charge in [-0.15, -0.1) is 11.3 Å². The maximum Gasteiger partial charge on any atom is 0.255 e. The number of carbonyl (C=O) groups excluding carboxylic acids is 1. The lowest BCUT2D eigenvalue weighted by Gasteiger charge is -2.06. The molecule has 4 aromatic rings. The van der Waals surface area contributed by atoms with Gasteiger partial charge < -0.3 is 10.6 Å². The summed E-state index contributed by atoms with van der Waals surface area (Å²) in [6, 6.07) is 24.3. The zero-order valence-corrected chi connectivity index (χ0v) is 16.3. The predicted octanol–water partition coefficient (Wildman–Crippen LogP) is 6.46. The summed E-state index contributed by atoms with van der Waals surface area (Å²) in [6.07, 6.45) is 0. The molecule has 4 nitrogen and oxygen atoms in total. The summed E-state index contributed by atoms with van der Waals surface area (Å²) in [5.41, 5.74) is 4.02. The normalized spacial score (nSPS) is 10.5. The van der Waals surface area contributed by atoms with Gasteiger partial charge >= 0.3 is 0 Å². The minimum absolute atomic E-state index is 0.131. The second kappa shape index (κ2) is 8.25. The van der Waals surface area contributed by atoms with Gasteiger partial charge in [0.1, 0.15) is 0 Å². The monoisotopic (exact) mass is 405 g/mol. The summed E-state index contributed by atoms with van der Waals surface area (Å²) in [5.74, 6) is -0.131. The number of thiazole rings is 1. The van der Waals surface area contributed by atoms with Crippen LogP contribution in [0.4, 0.5) is 16.5 Å². The number of rotatable bonds is 5. The fourth-order valence-corrected chi connectivity index (χ4v) is 3.57. The second-order valence-corrected chi connectivity index (χ2v) is 7.31. The van der Waals surface area contributed by atoms with Gasteiger partial charge in [-0.3, -0.25) is 4.79 Å². The molecule has 6 heteroatoms. The molecule has 3 aromatic carbocycles. The van der Waals surface area contributed by atoms with Crippen molar-refractivity contribution in [3.05, 3.63) is 94.8 Å². The molecule has 28 heavy (non-hydrogen) atoms. The number of benzene rings is 3. The van der Waals surface area contributed by atoms with Crippen LogP contribution in [0.5, 0.6) is 0 Å². The molecule has 0 spiro atoms. The molecule has 0 saturated heterocycles. The van der Waals surface area contributed by atoms with Gasteiger partial charge in [0.05, 0.1) is 16.4 Å². The zero-order valence-electron chi connectivity index (χ0n) is 14.7. The van der Waals surface area contributed by atoms with Crippen LogP contribution >= 0.6 is 22.9 Å². The number of halogens is 1. The summed E-state index contributed by atoms with van der Waals surface area (Å²) < 4.78 is 0. The first-order valence-electron chi connectivity index (χ1n) is 8.63. The quantitative estimate of drug-likeness (QED) is 0.400. The van der Waals surface area contributed by atoms with Crippen molar-refractivity contribution in [2.75, 3.05) is 10.6 Å². The molecule has 0 atom stereocenters. The van der Waals surface area contributed by atoms with Crippen molar-refractivity contribution in [2.45, 2.75) is 0 Å². The van der Waals surface area contributed by atoms with Gasteiger partial charge in [0.15, 0.2) is 5.13 Å². The van der Waals surface area contributed by atoms with Crippen LogP contribution in [0.1, 0.15) is 10.4 Å². The highest BCUT2D eigenvalue weighted by atomic mass is 35.5. The van der Waals surface area contributed by atoms with Crippen LogP contribution in [0.3, 0.4) is 0 Å². The van der Waals surface area contributed by atoms with E-state index < -0.39 is 0 Å². The second-order valence-electron chi connectivity index (χ2n) is 6.04. The lowest BCUT2D eigenvalue weighted by atomic mass is 10.1. The summed E-state index contributed by atoms with van der Waals surface area (Å²) in [7, 11) is 0. The Morgan fingerprint density at radius 2 is 1.61 bits per heavy atom. The first-order chi connectivity index (χ1) is 13.7. The van der Waals surface area contributed by atoms with E-state index in [0.717, 1.165) is 27.8 Å². The SMILES string of the molecule is O=C(Nc1ccc(-c2csc(Nc3ccccc3Cl)n2)cc1)c1ccccc1. The van der Waals surface area contributed by atoms with Crippen LogP contribution < -0.4 is 10.6 Å². The molecular formula is C22H16ClN3OS. The Hall–Kier alpha value is -3.15. The van der Waals surface area contributed by atoms with E-state index in [-0.39, 0.29) is 5.91 Å². The molecule has 0 aliphatic carbocycles. The first kappa shape index (κ1) is 18.2. The molecule has 1 aromatic heterocycles. The highest BCUT2D eigenvalue weighted by Gasteiger charge is 2.08. The van der Waals surface area contributed by atoms with Gasteiger partial charge in [-0.05, 0) is 36.4 Å². The van der Waals surface area contributed by atoms with Crippen LogP contribution in [-0.4, -0.2) is 10.9 Å². The number of aromatic nitrogens is 1. The van der Waals surface area contributed by atoms with Gasteiger partial charge in [0, 0.05) is 22.2 Å². The van der Waals surface area contributed by atoms with Crippen molar-refractivity contribution in [2.24, 2.45) is 0 Å². The van der Waals surface area contributed by atoms with Crippen molar-refractivity contribution in [3.63, 3.8) is 0 Å². The third-order valence-electron chi connectivity index (χ3n) is 4.09. The molecule has 1 heterocycles. The minimum atomic E-state index is -0.131. The number of hydrogen-bond donors (Lipinski definition) is 2. The Bertz CT molecular complexity index is 1090. The van der Waals surface area contributed by atoms with Crippen LogP contribution in [0.2, 0.25) is 5.02 Å². The molecule has 0 radical (unpaired) electrons. The lowest BCUT2D eigenvalue weighted by molar-refractivity contribution is 0.102. The highest BCUT2D eigenvalue weighted by molar-refractivity contribution is 7.14. The maximum absolute atomic E-state index is 12.2. The van der Waals surface area contributed by atoms with E-state index in [9.17, 15) is 4.79 Å². The molecule has 0 bridgehead atoms. The Morgan fingerprint density at radius 1 is 0.893 bits per heavy atom. The lowest BCUT2D eigenvalue weighted by Crippen LogP contribution is -2.11. The minimum Gasteiger partial charge on any atom is -0.330 e. The van der Waals surface area contributed by atoms with Crippen molar-refractivity contribution in [1.82, 2.24) is 4.98 Å². The van der Waals surface area contributed by atoms with E-state index in [1.165, 1.54) is 11.3 Å². The smallest absolute Gasteiger partial charge is 0.255 e. The Balaban J connectivity index is 1.45. The van der Waals surface area contributed by atoms with Crippen LogP contribution in [0, 0.1) is 0 Å². The fourth-order valence-electron chi connectivity index (χ4n) is 2.66. The summed E-state index contributed by atoms with van der Waals surface area (Å²) >= 11 is 7.69. The van der Waals surface area contributed by atoms with Gasteiger partial charge in [-0.25, -0.2) is 4.98 Å². The maximum atomic E-state index is 12.2. The van der Waals surface area contributed by atoms with Gasteiger partial charge in [-0.1, -0.05) is 54.1 Å². The molecule has 0 unspecified atom stereocenters. The largest absolute Gasteiger partial charge is 0.330 e. The third kappa shape index (κ3) is 4.22. The van der Waals surface area contributed by atoms with Gasteiger partial charge in [-0.2, -0.15) is 0 Å². The molecule has 0 fully saturated rings. The van der Waals surface area contributed by atoms with E-state index in [4.69, 9.17) is 11.6 Å². The van der Waals surface area contributed by atoms with Crippen molar-refractivity contribution < 1.29 is 4.79 Å². The standard InChI is InChI=1S/C22H16ClN3OS/c23-18-8-4-5-9-19(18)25-22-26-20(14-28-22)15-10-12-17(13-11-15)24-21(27)16-6-2-1-3-7-16/h1-14H,(H,24,27)(H,25,26). The average Bonchev–Trinajstić information content (AvgIpc) is 3.19. The van der Waals surface area contributed by atoms with Crippen molar-refractivity contribution in [3.8, 4) is 11.3 Å². The van der Waals surface area contributed by atoms with E-state index in [1.807, 2.05) is 72.1 Å². The predicted molar refractivity (Wildman–Crippen MR) is 117 cm³/mol. The Labute approximate surface area is 171 Å². The number of hydrogen-bond acceptors (Lipinski definition) is 4. The molecule has 1 amide bonds. The van der Waals surface area contributed by atoms with Gasteiger partial charge in [0.25, 0.3) is 5.91 Å².